The molecule has 2 aromatic heterocycles. The van der Waals surface area contributed by atoms with Gasteiger partial charge in [0, 0.05) is 21.5 Å². The van der Waals surface area contributed by atoms with Gasteiger partial charge < -0.3 is 15.4 Å². The summed E-state index contributed by atoms with van der Waals surface area (Å²) in [4.78, 5) is 13.4. The van der Waals surface area contributed by atoms with Crippen LogP contribution in [0.3, 0.4) is 0 Å². The smallest absolute Gasteiger partial charge is 0.341 e. The maximum absolute atomic E-state index is 12.3. The van der Waals surface area contributed by atoms with E-state index in [0.29, 0.717) is 15.7 Å². The molecule has 0 aliphatic heterocycles. The van der Waals surface area contributed by atoms with Crippen molar-refractivity contribution in [3.05, 3.63) is 57.8 Å². The zero-order valence-electron chi connectivity index (χ0n) is 14.6. The zero-order valence-corrected chi connectivity index (χ0v) is 17.0. The van der Waals surface area contributed by atoms with Crippen LogP contribution in [0.4, 0.5) is 10.7 Å². The second kappa shape index (κ2) is 7.99. The van der Waals surface area contributed by atoms with E-state index in [4.69, 9.17) is 17.0 Å². The Morgan fingerprint density at radius 1 is 1.15 bits per heavy atom. The lowest BCUT2D eigenvalue weighted by molar-refractivity contribution is 0.0603. The number of hydrogen-bond donors (Lipinski definition) is 2. The third kappa shape index (κ3) is 3.95. The Morgan fingerprint density at radius 2 is 1.96 bits per heavy atom. The second-order valence-electron chi connectivity index (χ2n) is 5.72. The Morgan fingerprint density at radius 3 is 2.65 bits per heavy atom. The van der Waals surface area contributed by atoms with Crippen molar-refractivity contribution in [2.24, 2.45) is 0 Å². The highest BCUT2D eigenvalue weighted by Crippen LogP contribution is 2.38. The summed E-state index contributed by atoms with van der Waals surface area (Å²) in [6.45, 7) is 4.05. The van der Waals surface area contributed by atoms with Gasteiger partial charge in [-0.15, -0.1) is 22.7 Å². The molecule has 134 valence electrons. The summed E-state index contributed by atoms with van der Waals surface area (Å²) in [6.07, 6.45) is 0. The van der Waals surface area contributed by atoms with Gasteiger partial charge in [0.25, 0.3) is 0 Å². The number of anilines is 2. The number of carbonyl (C=O) groups is 1. The molecule has 26 heavy (non-hydrogen) atoms. The van der Waals surface area contributed by atoms with Gasteiger partial charge >= 0.3 is 5.97 Å². The van der Waals surface area contributed by atoms with Gasteiger partial charge in [-0.05, 0) is 54.7 Å². The van der Waals surface area contributed by atoms with Gasteiger partial charge in [0.1, 0.15) is 10.6 Å². The number of rotatable bonds is 4. The van der Waals surface area contributed by atoms with Crippen LogP contribution in [0.2, 0.25) is 0 Å². The monoisotopic (exact) mass is 402 g/mol. The Hall–Kier alpha value is -2.22. The van der Waals surface area contributed by atoms with Crippen molar-refractivity contribution in [3.8, 4) is 10.4 Å². The molecule has 0 aliphatic carbocycles. The lowest BCUT2D eigenvalue weighted by atomic mass is 10.1. The minimum atomic E-state index is -0.383. The number of hydrogen-bond acceptors (Lipinski definition) is 5. The molecule has 0 amide bonds. The van der Waals surface area contributed by atoms with E-state index in [1.165, 1.54) is 18.4 Å². The van der Waals surface area contributed by atoms with E-state index in [1.807, 2.05) is 48.9 Å². The Labute approximate surface area is 165 Å². The van der Waals surface area contributed by atoms with Crippen LogP contribution in [-0.2, 0) is 4.74 Å². The van der Waals surface area contributed by atoms with E-state index >= 15 is 0 Å². The van der Waals surface area contributed by atoms with Gasteiger partial charge in [-0.2, -0.15) is 0 Å². The second-order valence-corrected chi connectivity index (χ2v) is 7.96. The molecule has 0 atom stereocenters. The summed E-state index contributed by atoms with van der Waals surface area (Å²) in [7, 11) is 1.38. The zero-order chi connectivity index (χ0) is 18.7. The van der Waals surface area contributed by atoms with E-state index < -0.39 is 0 Å². The third-order valence-corrected chi connectivity index (χ3v) is 5.84. The van der Waals surface area contributed by atoms with Gasteiger partial charge in [0.05, 0.1) is 7.11 Å². The van der Waals surface area contributed by atoms with Crippen LogP contribution in [0, 0.1) is 13.8 Å². The van der Waals surface area contributed by atoms with Crippen molar-refractivity contribution in [1.29, 1.82) is 0 Å². The first-order valence-corrected chi connectivity index (χ1v) is 10.0. The molecule has 0 spiro atoms. The number of methoxy groups -OCH3 is 1. The van der Waals surface area contributed by atoms with Crippen LogP contribution in [0.15, 0.2) is 41.1 Å². The molecular weight excluding hydrogens is 384 g/mol. The molecule has 0 aliphatic rings. The van der Waals surface area contributed by atoms with Gasteiger partial charge in [-0.25, -0.2) is 4.79 Å². The molecule has 0 fully saturated rings. The molecule has 0 bridgehead atoms. The minimum Gasteiger partial charge on any atom is -0.465 e. The summed E-state index contributed by atoms with van der Waals surface area (Å²) in [5.74, 6) is -0.383. The van der Waals surface area contributed by atoms with Gasteiger partial charge in [-0.3, -0.25) is 0 Å². The quantitative estimate of drug-likeness (QED) is 0.434. The lowest BCUT2D eigenvalue weighted by Gasteiger charge is -2.13. The van der Waals surface area contributed by atoms with Crippen LogP contribution in [0.1, 0.15) is 21.5 Å². The molecule has 3 aromatic rings. The predicted octanol–water partition coefficient (Wildman–Crippen LogP) is 5.69. The fourth-order valence-corrected chi connectivity index (χ4v) is 4.55. The molecule has 0 radical (unpaired) electrons. The topological polar surface area (TPSA) is 50.4 Å². The van der Waals surface area contributed by atoms with E-state index in [2.05, 4.69) is 16.7 Å². The maximum atomic E-state index is 12.3. The van der Waals surface area contributed by atoms with Crippen molar-refractivity contribution in [3.63, 3.8) is 0 Å². The maximum Gasteiger partial charge on any atom is 0.341 e. The van der Waals surface area contributed by atoms with Gasteiger partial charge in [0.15, 0.2) is 5.11 Å². The van der Waals surface area contributed by atoms with Gasteiger partial charge in [-0.1, -0.05) is 18.2 Å². The number of thiophene rings is 2. The molecule has 1 aromatic carbocycles. The standard InChI is InChI=1S/C19H18N2O2S3/c1-11-6-7-12(2)14(9-11)20-19(24)21-17-16(18(22)23-3)13(10-26-17)15-5-4-8-25-15/h4-10H,1-3H3,(H2,20,21,24). The summed E-state index contributed by atoms with van der Waals surface area (Å²) in [6, 6.07) is 10.1. The van der Waals surface area contributed by atoms with Crippen LogP contribution in [-0.4, -0.2) is 18.2 Å². The number of aryl methyl sites for hydroxylation is 2. The van der Waals surface area contributed by atoms with Crippen molar-refractivity contribution >= 4 is 56.7 Å². The first kappa shape index (κ1) is 18.6. The summed E-state index contributed by atoms with van der Waals surface area (Å²) in [5.41, 5.74) is 4.54. The highest BCUT2D eigenvalue weighted by atomic mass is 32.1. The molecule has 3 rings (SSSR count). The van der Waals surface area contributed by atoms with Gasteiger partial charge in [0.2, 0.25) is 0 Å². The number of carbonyl (C=O) groups excluding carboxylic acids is 1. The number of benzene rings is 1. The molecule has 2 N–H and O–H groups in total. The fraction of sp³-hybridized carbons (Fsp3) is 0.158. The number of nitrogens with one attached hydrogen (secondary N) is 2. The SMILES string of the molecule is COC(=O)c1c(-c2cccs2)csc1NC(=S)Nc1cc(C)ccc1C. The molecule has 0 saturated carbocycles. The number of ether oxygens (including phenoxy) is 1. The van der Waals surface area contributed by atoms with Crippen molar-refractivity contribution in [1.82, 2.24) is 0 Å². The van der Waals surface area contributed by atoms with E-state index in [-0.39, 0.29) is 5.97 Å². The molecule has 7 heteroatoms. The first-order valence-electron chi connectivity index (χ1n) is 7.88. The molecule has 0 unspecified atom stereocenters. The summed E-state index contributed by atoms with van der Waals surface area (Å²) in [5, 5.41) is 11.4. The highest BCUT2D eigenvalue weighted by molar-refractivity contribution is 7.80. The Bertz CT molecular complexity index is 946. The number of esters is 1. The predicted molar refractivity (Wildman–Crippen MR) is 115 cm³/mol. The normalized spacial score (nSPS) is 10.4. The summed E-state index contributed by atoms with van der Waals surface area (Å²) >= 11 is 8.46. The van der Waals surface area contributed by atoms with E-state index in [9.17, 15) is 4.79 Å². The van der Waals surface area contributed by atoms with Crippen molar-refractivity contribution < 1.29 is 9.53 Å². The first-order chi connectivity index (χ1) is 12.5. The van der Waals surface area contributed by atoms with Crippen LogP contribution >= 0.6 is 34.9 Å². The Kier molecular flexibility index (Phi) is 5.70. The van der Waals surface area contributed by atoms with Crippen molar-refractivity contribution in [2.75, 3.05) is 17.7 Å². The van der Waals surface area contributed by atoms with Crippen molar-refractivity contribution in [2.45, 2.75) is 13.8 Å². The van der Waals surface area contributed by atoms with E-state index in [1.54, 1.807) is 11.3 Å². The average Bonchev–Trinajstić information content (AvgIpc) is 3.27. The fourth-order valence-electron chi connectivity index (χ4n) is 2.49. The highest BCUT2D eigenvalue weighted by Gasteiger charge is 2.22. The third-order valence-electron chi connectivity index (χ3n) is 3.84. The van der Waals surface area contributed by atoms with E-state index in [0.717, 1.165) is 27.3 Å². The Balaban J connectivity index is 1.86. The van der Waals surface area contributed by atoms with Crippen LogP contribution in [0.5, 0.6) is 0 Å². The average molecular weight is 403 g/mol. The molecule has 2 heterocycles. The summed E-state index contributed by atoms with van der Waals surface area (Å²) < 4.78 is 4.98. The molecule has 4 nitrogen and oxygen atoms in total. The lowest BCUT2D eigenvalue weighted by Crippen LogP contribution is -2.20. The van der Waals surface area contributed by atoms with Crippen LogP contribution < -0.4 is 10.6 Å². The molecular formula is C19H18N2O2S3. The minimum absolute atomic E-state index is 0.383. The number of thiocarbonyl (C=S) groups is 1. The largest absolute Gasteiger partial charge is 0.465 e. The molecule has 0 saturated heterocycles. The van der Waals surface area contributed by atoms with Crippen LogP contribution in [0.25, 0.3) is 10.4 Å².